The number of nitrogens with one attached hydrogen (secondary N) is 1. The van der Waals surface area contributed by atoms with Gasteiger partial charge in [-0.15, -0.1) is 0 Å². The fourth-order valence-electron chi connectivity index (χ4n) is 3.53. The van der Waals surface area contributed by atoms with Crippen molar-refractivity contribution < 1.29 is 13.2 Å². The number of hydrogen-bond donors (Lipinski definition) is 1. The second-order valence-corrected chi connectivity index (χ2v) is 10.0. The number of rotatable bonds is 7. The van der Waals surface area contributed by atoms with Gasteiger partial charge in [0.05, 0.1) is 15.6 Å². The van der Waals surface area contributed by atoms with Crippen LogP contribution in [0.4, 0.5) is 5.69 Å². The van der Waals surface area contributed by atoms with Gasteiger partial charge in [0.2, 0.25) is 5.91 Å². The number of amides is 1. The van der Waals surface area contributed by atoms with Crippen LogP contribution in [0.1, 0.15) is 11.1 Å². The zero-order chi connectivity index (χ0) is 23.4. The fourth-order valence-corrected chi connectivity index (χ4v) is 5.25. The molecule has 168 valence electrons. The zero-order valence-corrected chi connectivity index (χ0v) is 19.6. The molecule has 4 aromatic rings. The van der Waals surface area contributed by atoms with Crippen LogP contribution < -0.4 is 9.62 Å². The number of nitrogens with zero attached hydrogens (tertiary/aromatic N) is 1. The first-order valence-electron chi connectivity index (χ1n) is 10.4. The summed E-state index contributed by atoms with van der Waals surface area (Å²) in [5.41, 5.74) is 2.11. The number of hydrogen-bond acceptors (Lipinski definition) is 3. The van der Waals surface area contributed by atoms with Crippen molar-refractivity contribution in [2.45, 2.75) is 18.4 Å². The second kappa shape index (κ2) is 9.65. The molecule has 1 N–H and O–H groups in total. The molecular formula is C26H23ClN2O3S. The Labute approximate surface area is 198 Å². The van der Waals surface area contributed by atoms with E-state index < -0.39 is 22.5 Å². The van der Waals surface area contributed by atoms with E-state index in [9.17, 15) is 13.2 Å². The van der Waals surface area contributed by atoms with Crippen LogP contribution in [0.15, 0.2) is 95.9 Å². The smallest absolute Gasteiger partial charge is 0.264 e. The first-order chi connectivity index (χ1) is 15.8. The lowest BCUT2D eigenvalue weighted by Gasteiger charge is -2.25. The summed E-state index contributed by atoms with van der Waals surface area (Å²) in [6, 6.07) is 27.0. The first kappa shape index (κ1) is 22.8. The van der Waals surface area contributed by atoms with Gasteiger partial charge >= 0.3 is 0 Å². The molecule has 4 aromatic carbocycles. The maximum Gasteiger partial charge on any atom is 0.264 e. The van der Waals surface area contributed by atoms with Gasteiger partial charge in [-0.2, -0.15) is 0 Å². The van der Waals surface area contributed by atoms with Gasteiger partial charge < -0.3 is 5.32 Å². The summed E-state index contributed by atoms with van der Waals surface area (Å²) >= 11 is 6.31. The minimum absolute atomic E-state index is 0.0929. The topological polar surface area (TPSA) is 66.5 Å². The highest BCUT2D eigenvalue weighted by atomic mass is 35.5. The molecule has 0 aromatic heterocycles. The lowest BCUT2D eigenvalue weighted by atomic mass is 10.1. The lowest BCUT2D eigenvalue weighted by Crippen LogP contribution is -2.40. The lowest BCUT2D eigenvalue weighted by molar-refractivity contribution is -0.119. The molecule has 0 radical (unpaired) electrons. The predicted molar refractivity (Wildman–Crippen MR) is 133 cm³/mol. The molecule has 33 heavy (non-hydrogen) atoms. The van der Waals surface area contributed by atoms with Crippen molar-refractivity contribution in [1.29, 1.82) is 0 Å². The maximum atomic E-state index is 13.4. The monoisotopic (exact) mass is 478 g/mol. The Hall–Kier alpha value is -3.35. The number of carbonyl (C=O) groups excluding carboxylic acids is 1. The molecule has 7 heteroatoms. The van der Waals surface area contributed by atoms with E-state index in [1.165, 1.54) is 12.1 Å². The number of fused-ring (bicyclic) bond motifs is 1. The molecule has 0 aliphatic heterocycles. The summed E-state index contributed by atoms with van der Waals surface area (Å²) in [5, 5.41) is 5.26. The summed E-state index contributed by atoms with van der Waals surface area (Å²) in [5.74, 6) is -0.432. The molecular weight excluding hydrogens is 456 g/mol. The van der Waals surface area contributed by atoms with E-state index in [1.54, 1.807) is 36.4 Å². The van der Waals surface area contributed by atoms with Crippen molar-refractivity contribution in [2.24, 2.45) is 0 Å². The van der Waals surface area contributed by atoms with Crippen LogP contribution in [-0.2, 0) is 21.4 Å². The van der Waals surface area contributed by atoms with Crippen molar-refractivity contribution in [3.05, 3.63) is 107 Å². The quantitative estimate of drug-likeness (QED) is 0.391. The van der Waals surface area contributed by atoms with Crippen LogP contribution in [0.25, 0.3) is 10.8 Å². The second-order valence-electron chi connectivity index (χ2n) is 7.73. The Kier molecular flexibility index (Phi) is 6.67. The predicted octanol–water partition coefficient (Wildman–Crippen LogP) is 5.31. The van der Waals surface area contributed by atoms with Crippen LogP contribution in [0.5, 0.6) is 0 Å². The highest BCUT2D eigenvalue weighted by Crippen LogP contribution is 2.30. The standard InChI is InChI=1S/C26H23ClN2O3S/c1-19-10-14-23(15-11-19)33(31,32)29(25-9-5-4-8-24(25)27)18-26(30)28-17-20-12-13-21-6-2-3-7-22(21)16-20/h2-16H,17-18H2,1H3,(H,28,30). The van der Waals surface area contributed by atoms with Gasteiger partial charge in [0.15, 0.2) is 0 Å². The summed E-state index contributed by atoms with van der Waals surface area (Å²) < 4.78 is 27.9. The highest BCUT2D eigenvalue weighted by molar-refractivity contribution is 7.92. The van der Waals surface area contributed by atoms with E-state index in [0.717, 1.165) is 26.2 Å². The van der Waals surface area contributed by atoms with Crippen LogP contribution >= 0.6 is 11.6 Å². The third kappa shape index (κ3) is 5.18. The van der Waals surface area contributed by atoms with Crippen molar-refractivity contribution in [1.82, 2.24) is 5.32 Å². The van der Waals surface area contributed by atoms with E-state index >= 15 is 0 Å². The summed E-state index contributed by atoms with van der Waals surface area (Å²) in [4.78, 5) is 12.9. The third-order valence-corrected chi connectivity index (χ3v) is 7.41. The Balaban J connectivity index is 1.57. The molecule has 0 spiro atoms. The summed E-state index contributed by atoms with van der Waals surface area (Å²) in [6.45, 7) is 1.76. The number of sulfonamides is 1. The Bertz CT molecular complexity index is 1400. The van der Waals surface area contributed by atoms with E-state index in [-0.39, 0.29) is 22.2 Å². The Morgan fingerprint density at radius 3 is 2.27 bits per heavy atom. The Morgan fingerprint density at radius 2 is 1.55 bits per heavy atom. The average Bonchev–Trinajstić information content (AvgIpc) is 2.82. The number of aryl methyl sites for hydroxylation is 1. The molecule has 0 saturated heterocycles. The average molecular weight is 479 g/mol. The molecule has 4 rings (SSSR count). The number of anilines is 1. The molecule has 0 heterocycles. The molecule has 0 saturated carbocycles. The van der Waals surface area contributed by atoms with E-state index in [0.29, 0.717) is 0 Å². The van der Waals surface area contributed by atoms with Crippen molar-refractivity contribution in [2.75, 3.05) is 10.8 Å². The van der Waals surface area contributed by atoms with E-state index in [2.05, 4.69) is 5.32 Å². The number of halogens is 1. The molecule has 0 atom stereocenters. The van der Waals surface area contributed by atoms with Crippen molar-refractivity contribution in [3.8, 4) is 0 Å². The number of benzene rings is 4. The maximum absolute atomic E-state index is 13.4. The molecule has 1 amide bonds. The fraction of sp³-hybridized carbons (Fsp3) is 0.115. The molecule has 0 aliphatic carbocycles. The van der Waals surface area contributed by atoms with E-state index in [1.807, 2.05) is 49.4 Å². The van der Waals surface area contributed by atoms with Crippen molar-refractivity contribution >= 4 is 44.0 Å². The largest absolute Gasteiger partial charge is 0.350 e. The molecule has 0 aliphatic rings. The van der Waals surface area contributed by atoms with E-state index in [4.69, 9.17) is 11.6 Å². The molecule has 0 bridgehead atoms. The minimum atomic E-state index is -4.01. The SMILES string of the molecule is Cc1ccc(S(=O)(=O)N(CC(=O)NCc2ccc3ccccc3c2)c2ccccc2Cl)cc1. The zero-order valence-electron chi connectivity index (χ0n) is 18.0. The van der Waals surface area contributed by atoms with Crippen molar-refractivity contribution in [3.63, 3.8) is 0 Å². The number of carbonyl (C=O) groups is 1. The summed E-state index contributed by atoms with van der Waals surface area (Å²) in [7, 11) is -4.01. The van der Waals surface area contributed by atoms with Crippen LogP contribution in [0, 0.1) is 6.92 Å². The van der Waals surface area contributed by atoms with Gasteiger partial charge in [0.25, 0.3) is 10.0 Å². The van der Waals surface area contributed by atoms with Gasteiger partial charge in [-0.25, -0.2) is 8.42 Å². The van der Waals surface area contributed by atoms with Crippen LogP contribution in [0.2, 0.25) is 5.02 Å². The normalized spacial score (nSPS) is 11.3. The van der Waals surface area contributed by atoms with Gasteiger partial charge in [0, 0.05) is 6.54 Å². The minimum Gasteiger partial charge on any atom is -0.350 e. The third-order valence-electron chi connectivity index (χ3n) is 5.32. The van der Waals surface area contributed by atoms with Gasteiger partial charge in [0.1, 0.15) is 6.54 Å². The first-order valence-corrected chi connectivity index (χ1v) is 12.2. The number of para-hydroxylation sites is 1. The molecule has 0 fully saturated rings. The molecule has 0 unspecified atom stereocenters. The molecule has 5 nitrogen and oxygen atoms in total. The Morgan fingerprint density at radius 1 is 0.879 bits per heavy atom. The van der Waals surface area contributed by atoms with Crippen LogP contribution in [0.3, 0.4) is 0 Å². The summed E-state index contributed by atoms with van der Waals surface area (Å²) in [6.07, 6.45) is 0. The highest BCUT2D eigenvalue weighted by Gasteiger charge is 2.28. The van der Waals surface area contributed by atoms with Gasteiger partial charge in [-0.3, -0.25) is 9.10 Å². The van der Waals surface area contributed by atoms with Gasteiger partial charge in [-0.05, 0) is 53.6 Å². The van der Waals surface area contributed by atoms with Gasteiger partial charge in [-0.1, -0.05) is 77.8 Å². The van der Waals surface area contributed by atoms with Crippen LogP contribution in [-0.4, -0.2) is 20.9 Å².